The summed E-state index contributed by atoms with van der Waals surface area (Å²) in [5.74, 6) is 1.03. The molecule has 0 bridgehead atoms. The van der Waals surface area contributed by atoms with Gasteiger partial charge in [-0.15, -0.1) is 0 Å². The Bertz CT molecular complexity index is 580. The first-order valence-corrected chi connectivity index (χ1v) is 7.22. The van der Waals surface area contributed by atoms with Crippen LogP contribution in [0.2, 0.25) is 0 Å². The van der Waals surface area contributed by atoms with E-state index < -0.39 is 0 Å². The summed E-state index contributed by atoms with van der Waals surface area (Å²) in [6.07, 6.45) is 0.922. The van der Waals surface area contributed by atoms with Crippen LogP contribution in [-0.4, -0.2) is 34.5 Å². The van der Waals surface area contributed by atoms with E-state index in [0.29, 0.717) is 6.04 Å². The average Bonchev–Trinajstić information content (AvgIpc) is 2.75. The summed E-state index contributed by atoms with van der Waals surface area (Å²) in [6.45, 7) is 10.1. The zero-order chi connectivity index (χ0) is 14.9. The van der Waals surface area contributed by atoms with Crippen LogP contribution in [0.25, 0.3) is 11.0 Å². The van der Waals surface area contributed by atoms with Crippen molar-refractivity contribution in [2.45, 2.75) is 40.2 Å². The quantitative estimate of drug-likeness (QED) is 0.842. The fraction of sp³-hybridized carbons (Fsp3) is 0.562. The summed E-state index contributed by atoms with van der Waals surface area (Å²) in [5.41, 5.74) is 8.85. The predicted octanol–water partition coefficient (Wildman–Crippen LogP) is 3.05. The molecule has 0 saturated carbocycles. The molecule has 0 fully saturated rings. The van der Waals surface area contributed by atoms with Gasteiger partial charge in [-0.2, -0.15) is 0 Å². The summed E-state index contributed by atoms with van der Waals surface area (Å²) in [6, 6.07) is 6.32. The predicted molar refractivity (Wildman–Crippen MR) is 85.8 cm³/mol. The lowest BCUT2D eigenvalue weighted by molar-refractivity contribution is 0.142. The van der Waals surface area contributed by atoms with Gasteiger partial charge in [-0.1, -0.05) is 20.8 Å². The molecule has 2 aromatic rings. The zero-order valence-electron chi connectivity index (χ0n) is 13.2. The number of aromatic nitrogens is 2. The van der Waals surface area contributed by atoms with E-state index in [2.05, 4.69) is 49.6 Å². The number of rotatable bonds is 4. The Labute approximate surface area is 121 Å². The molecular formula is C16H26N4. The van der Waals surface area contributed by atoms with Crippen molar-refractivity contribution >= 4 is 16.7 Å². The Hall–Kier alpha value is -1.55. The van der Waals surface area contributed by atoms with Crippen LogP contribution in [0.15, 0.2) is 18.2 Å². The monoisotopic (exact) mass is 274 g/mol. The summed E-state index contributed by atoms with van der Waals surface area (Å²) in [4.78, 5) is 10.4. The van der Waals surface area contributed by atoms with E-state index in [0.717, 1.165) is 35.5 Å². The first kappa shape index (κ1) is 14.9. The number of nitrogen functional groups attached to an aromatic ring is 1. The third kappa shape index (κ3) is 3.31. The van der Waals surface area contributed by atoms with Crippen molar-refractivity contribution in [3.63, 3.8) is 0 Å². The topological polar surface area (TPSA) is 57.9 Å². The van der Waals surface area contributed by atoms with E-state index in [1.54, 1.807) is 0 Å². The smallest absolute Gasteiger partial charge is 0.108 e. The summed E-state index contributed by atoms with van der Waals surface area (Å²) < 4.78 is 0. The molecule has 0 aliphatic heterocycles. The maximum absolute atomic E-state index is 5.79. The number of H-pyrrole nitrogens is 1. The number of nitrogens with zero attached hydrogens (tertiary/aromatic N) is 2. The highest BCUT2D eigenvalue weighted by Gasteiger charge is 2.23. The zero-order valence-corrected chi connectivity index (χ0v) is 13.2. The van der Waals surface area contributed by atoms with E-state index in [9.17, 15) is 0 Å². The van der Waals surface area contributed by atoms with Gasteiger partial charge in [0.15, 0.2) is 0 Å². The summed E-state index contributed by atoms with van der Waals surface area (Å²) in [7, 11) is 2.18. The van der Waals surface area contributed by atoms with Gasteiger partial charge in [0.05, 0.1) is 11.0 Å². The second-order valence-corrected chi connectivity index (χ2v) is 6.73. The van der Waals surface area contributed by atoms with E-state index in [1.807, 2.05) is 18.2 Å². The number of imidazole rings is 1. The Morgan fingerprint density at radius 2 is 2.05 bits per heavy atom. The van der Waals surface area contributed by atoms with Gasteiger partial charge in [-0.25, -0.2) is 4.98 Å². The van der Waals surface area contributed by atoms with Crippen LogP contribution in [0.4, 0.5) is 5.69 Å². The van der Waals surface area contributed by atoms with Crippen molar-refractivity contribution in [3.05, 3.63) is 24.0 Å². The molecule has 0 saturated heterocycles. The lowest BCUT2D eigenvalue weighted by Gasteiger charge is -2.35. The number of fused-ring (bicyclic) bond motifs is 1. The van der Waals surface area contributed by atoms with Crippen LogP contribution in [0.5, 0.6) is 0 Å². The minimum Gasteiger partial charge on any atom is -0.399 e. The van der Waals surface area contributed by atoms with Crippen LogP contribution in [-0.2, 0) is 6.42 Å². The van der Waals surface area contributed by atoms with E-state index >= 15 is 0 Å². The molecule has 4 nitrogen and oxygen atoms in total. The molecule has 4 heteroatoms. The standard InChI is InChI=1S/C16H26N4/c1-11(16(2,3)4)20(5)9-8-15-18-13-7-6-12(17)10-14(13)19-15/h6-7,10-11H,8-9,17H2,1-5H3,(H,18,19). The van der Waals surface area contributed by atoms with Gasteiger partial charge >= 0.3 is 0 Å². The van der Waals surface area contributed by atoms with Crippen molar-refractivity contribution in [2.75, 3.05) is 19.3 Å². The fourth-order valence-corrected chi connectivity index (χ4v) is 2.34. The van der Waals surface area contributed by atoms with Crippen molar-refractivity contribution in [1.82, 2.24) is 14.9 Å². The van der Waals surface area contributed by atoms with Gasteiger partial charge in [-0.3, -0.25) is 0 Å². The Kier molecular flexibility index (Phi) is 4.04. The number of nitrogens with one attached hydrogen (secondary N) is 1. The SMILES string of the molecule is CC(N(C)CCc1nc2ccc(N)cc2[nH]1)C(C)(C)C. The molecule has 110 valence electrons. The largest absolute Gasteiger partial charge is 0.399 e. The van der Waals surface area contributed by atoms with E-state index in [1.165, 1.54) is 0 Å². The second kappa shape index (κ2) is 5.44. The Morgan fingerprint density at radius 1 is 1.35 bits per heavy atom. The number of nitrogens with two attached hydrogens (primary N) is 1. The first-order valence-electron chi connectivity index (χ1n) is 7.22. The highest BCUT2D eigenvalue weighted by Crippen LogP contribution is 2.23. The Morgan fingerprint density at radius 3 is 2.70 bits per heavy atom. The summed E-state index contributed by atoms with van der Waals surface area (Å²) >= 11 is 0. The molecule has 0 spiro atoms. The Balaban J connectivity index is 2.02. The van der Waals surface area contributed by atoms with Crippen LogP contribution >= 0.6 is 0 Å². The van der Waals surface area contributed by atoms with Crippen molar-refractivity contribution < 1.29 is 0 Å². The van der Waals surface area contributed by atoms with Crippen LogP contribution in [0.3, 0.4) is 0 Å². The van der Waals surface area contributed by atoms with Crippen LogP contribution in [0, 0.1) is 5.41 Å². The van der Waals surface area contributed by atoms with Crippen molar-refractivity contribution in [3.8, 4) is 0 Å². The number of hydrogen-bond donors (Lipinski definition) is 2. The number of aromatic amines is 1. The van der Waals surface area contributed by atoms with Gasteiger partial charge in [0.2, 0.25) is 0 Å². The number of anilines is 1. The molecule has 0 aliphatic rings. The molecule has 1 atom stereocenters. The molecule has 3 N–H and O–H groups in total. The highest BCUT2D eigenvalue weighted by atomic mass is 15.1. The molecule has 0 radical (unpaired) electrons. The molecular weight excluding hydrogens is 248 g/mol. The van der Waals surface area contributed by atoms with Crippen LogP contribution in [0.1, 0.15) is 33.5 Å². The van der Waals surface area contributed by atoms with Crippen molar-refractivity contribution in [2.24, 2.45) is 5.41 Å². The van der Waals surface area contributed by atoms with Crippen molar-refractivity contribution in [1.29, 1.82) is 0 Å². The molecule has 0 aliphatic carbocycles. The molecule has 20 heavy (non-hydrogen) atoms. The molecule has 1 aromatic heterocycles. The third-order valence-electron chi connectivity index (χ3n) is 4.17. The normalized spacial score (nSPS) is 14.1. The van der Waals surface area contributed by atoms with Gasteiger partial charge < -0.3 is 15.6 Å². The third-order valence-corrected chi connectivity index (χ3v) is 4.17. The second-order valence-electron chi connectivity index (χ2n) is 6.73. The lowest BCUT2D eigenvalue weighted by atomic mass is 9.87. The van der Waals surface area contributed by atoms with Gasteiger partial charge in [0, 0.05) is 24.7 Å². The highest BCUT2D eigenvalue weighted by molar-refractivity contribution is 5.78. The number of benzene rings is 1. The summed E-state index contributed by atoms with van der Waals surface area (Å²) in [5, 5.41) is 0. The maximum atomic E-state index is 5.79. The van der Waals surface area contributed by atoms with Gasteiger partial charge in [0.1, 0.15) is 5.82 Å². The average molecular weight is 274 g/mol. The van der Waals surface area contributed by atoms with E-state index in [4.69, 9.17) is 5.73 Å². The van der Waals surface area contributed by atoms with E-state index in [-0.39, 0.29) is 5.41 Å². The minimum absolute atomic E-state index is 0.289. The van der Waals surface area contributed by atoms with Gasteiger partial charge in [0.25, 0.3) is 0 Å². The number of hydrogen-bond acceptors (Lipinski definition) is 3. The van der Waals surface area contributed by atoms with Gasteiger partial charge in [-0.05, 0) is 37.6 Å². The van der Waals surface area contributed by atoms with Crippen LogP contribution < -0.4 is 5.73 Å². The molecule has 1 heterocycles. The minimum atomic E-state index is 0.289. The molecule has 1 aromatic carbocycles. The molecule has 0 amide bonds. The first-order chi connectivity index (χ1) is 9.27. The molecule has 2 rings (SSSR count). The fourth-order valence-electron chi connectivity index (χ4n) is 2.34. The number of likely N-dealkylation sites (N-methyl/N-ethyl adjacent to an activating group) is 1. The maximum Gasteiger partial charge on any atom is 0.108 e. The molecule has 1 unspecified atom stereocenters. The lowest BCUT2D eigenvalue weighted by Crippen LogP contribution is -2.40.